The summed E-state index contributed by atoms with van der Waals surface area (Å²) in [5.41, 5.74) is -0.174. The average Bonchev–Trinajstić information content (AvgIpc) is 2.57. The van der Waals surface area contributed by atoms with Crippen molar-refractivity contribution in [3.63, 3.8) is 0 Å². The summed E-state index contributed by atoms with van der Waals surface area (Å²) in [6, 6.07) is 7.72. The summed E-state index contributed by atoms with van der Waals surface area (Å²) in [7, 11) is 2.48. The standard InChI is InChI=1S/C20H33NO3S/c1-8-20(23,14(2)3)19(13-15(4)22)25(24)18-12-10-9-11-17(18)16(5)21(6)7/h9-12,14,16,19,23H,8,13H2,1-7H3/t16-,19?,20+,25-/m0/s1. The Morgan fingerprint density at radius 1 is 1.24 bits per heavy atom. The third-order valence-corrected chi connectivity index (χ3v) is 7.11. The Bertz CT molecular complexity index is 615. The summed E-state index contributed by atoms with van der Waals surface area (Å²) in [6.07, 6.45) is 0.569. The second-order valence-electron chi connectivity index (χ2n) is 7.37. The zero-order chi connectivity index (χ0) is 19.4. The molecule has 5 heteroatoms. The molecule has 0 aliphatic rings. The van der Waals surface area contributed by atoms with Crippen LogP contribution in [0.5, 0.6) is 0 Å². The summed E-state index contributed by atoms with van der Waals surface area (Å²) >= 11 is 0. The summed E-state index contributed by atoms with van der Waals surface area (Å²) in [5.74, 6) is -0.145. The number of hydrogen-bond acceptors (Lipinski definition) is 4. The monoisotopic (exact) mass is 367 g/mol. The number of rotatable bonds is 9. The van der Waals surface area contributed by atoms with Crippen LogP contribution in [0.25, 0.3) is 0 Å². The molecule has 1 aromatic rings. The van der Waals surface area contributed by atoms with Crippen LogP contribution in [0.3, 0.4) is 0 Å². The van der Waals surface area contributed by atoms with Gasteiger partial charge in [-0.3, -0.25) is 9.00 Å². The number of nitrogens with zero attached hydrogens (tertiary/aromatic N) is 1. The summed E-state index contributed by atoms with van der Waals surface area (Å²) in [5, 5.41) is 10.6. The van der Waals surface area contributed by atoms with E-state index < -0.39 is 21.7 Å². The lowest BCUT2D eigenvalue weighted by molar-refractivity contribution is -0.118. The molecule has 0 spiro atoms. The molecule has 0 aliphatic carbocycles. The van der Waals surface area contributed by atoms with Crippen LogP contribution < -0.4 is 0 Å². The minimum absolute atomic E-state index is 0.0518. The first-order valence-corrected chi connectivity index (χ1v) is 10.1. The number of benzene rings is 1. The van der Waals surface area contributed by atoms with Gasteiger partial charge >= 0.3 is 0 Å². The van der Waals surface area contributed by atoms with Crippen molar-refractivity contribution < 1.29 is 14.1 Å². The predicted molar refractivity (Wildman–Crippen MR) is 104 cm³/mol. The van der Waals surface area contributed by atoms with Crippen LogP contribution in [-0.4, -0.2) is 44.9 Å². The van der Waals surface area contributed by atoms with E-state index >= 15 is 0 Å². The van der Waals surface area contributed by atoms with Crippen molar-refractivity contribution in [2.75, 3.05) is 14.1 Å². The molecule has 0 aromatic heterocycles. The van der Waals surface area contributed by atoms with Gasteiger partial charge in [-0.15, -0.1) is 0 Å². The molecule has 0 amide bonds. The number of hydrogen-bond donors (Lipinski definition) is 1. The Balaban J connectivity index is 3.43. The van der Waals surface area contributed by atoms with Crippen LogP contribution in [0.4, 0.5) is 0 Å². The molecule has 1 aromatic carbocycles. The van der Waals surface area contributed by atoms with Crippen molar-refractivity contribution in [1.29, 1.82) is 0 Å². The van der Waals surface area contributed by atoms with E-state index in [1.165, 1.54) is 6.92 Å². The maximum Gasteiger partial charge on any atom is 0.131 e. The van der Waals surface area contributed by atoms with Crippen LogP contribution >= 0.6 is 0 Å². The quantitative estimate of drug-likeness (QED) is 0.725. The molecule has 0 bridgehead atoms. The lowest BCUT2D eigenvalue weighted by atomic mass is 9.82. The van der Waals surface area contributed by atoms with E-state index in [1.807, 2.05) is 59.1 Å². The zero-order valence-electron chi connectivity index (χ0n) is 16.6. The van der Waals surface area contributed by atoms with Crippen molar-refractivity contribution in [3.8, 4) is 0 Å². The highest BCUT2D eigenvalue weighted by atomic mass is 32.2. The molecule has 0 saturated heterocycles. The molecule has 0 heterocycles. The molecule has 0 radical (unpaired) electrons. The average molecular weight is 368 g/mol. The highest BCUT2D eigenvalue weighted by molar-refractivity contribution is 7.85. The molecule has 142 valence electrons. The van der Waals surface area contributed by atoms with Crippen LogP contribution in [0, 0.1) is 5.92 Å². The van der Waals surface area contributed by atoms with Gasteiger partial charge in [0.2, 0.25) is 0 Å². The Labute approximate surface area is 155 Å². The van der Waals surface area contributed by atoms with E-state index in [1.54, 1.807) is 0 Å². The maximum atomic E-state index is 13.5. The largest absolute Gasteiger partial charge is 0.388 e. The number of carbonyl (C=O) groups is 1. The first-order valence-electron chi connectivity index (χ1n) is 8.93. The smallest absolute Gasteiger partial charge is 0.131 e. The third-order valence-electron chi connectivity index (χ3n) is 5.22. The number of aliphatic hydroxyl groups is 1. The van der Waals surface area contributed by atoms with Gasteiger partial charge < -0.3 is 10.0 Å². The number of carbonyl (C=O) groups excluding carboxylic acids is 1. The Kier molecular flexibility index (Phi) is 7.97. The number of Topliss-reactive ketones (excluding diaryl/α,β-unsaturated/α-hetero) is 1. The van der Waals surface area contributed by atoms with E-state index in [0.29, 0.717) is 11.3 Å². The second kappa shape index (κ2) is 9.06. The molecular weight excluding hydrogens is 334 g/mol. The van der Waals surface area contributed by atoms with Crippen molar-refractivity contribution in [2.45, 2.75) is 69.2 Å². The fourth-order valence-corrected chi connectivity index (χ4v) is 5.33. The van der Waals surface area contributed by atoms with E-state index in [2.05, 4.69) is 11.8 Å². The Hall–Kier alpha value is -1.04. The number of ketones is 1. The van der Waals surface area contributed by atoms with Gasteiger partial charge in [-0.05, 0) is 51.9 Å². The van der Waals surface area contributed by atoms with Crippen LogP contribution in [-0.2, 0) is 15.6 Å². The van der Waals surface area contributed by atoms with Gasteiger partial charge in [0, 0.05) is 17.4 Å². The minimum Gasteiger partial charge on any atom is -0.388 e. The molecule has 1 N–H and O–H groups in total. The van der Waals surface area contributed by atoms with Gasteiger partial charge in [-0.1, -0.05) is 39.0 Å². The van der Waals surface area contributed by atoms with Crippen molar-refractivity contribution >= 4 is 16.6 Å². The lowest BCUT2D eigenvalue weighted by Gasteiger charge is -2.38. The Morgan fingerprint density at radius 2 is 1.80 bits per heavy atom. The van der Waals surface area contributed by atoms with Crippen molar-refractivity contribution in [1.82, 2.24) is 4.90 Å². The summed E-state index contributed by atoms with van der Waals surface area (Å²) in [6.45, 7) is 9.28. The van der Waals surface area contributed by atoms with Gasteiger partial charge in [-0.2, -0.15) is 0 Å². The molecule has 0 aliphatic heterocycles. The van der Waals surface area contributed by atoms with Crippen molar-refractivity contribution in [2.24, 2.45) is 5.92 Å². The van der Waals surface area contributed by atoms with E-state index in [9.17, 15) is 14.1 Å². The topological polar surface area (TPSA) is 57.6 Å². The van der Waals surface area contributed by atoms with Crippen LogP contribution in [0.2, 0.25) is 0 Å². The van der Waals surface area contributed by atoms with Gasteiger partial charge in [-0.25, -0.2) is 0 Å². The van der Waals surface area contributed by atoms with Crippen LogP contribution in [0.1, 0.15) is 59.1 Å². The van der Waals surface area contributed by atoms with Gasteiger partial charge in [0.25, 0.3) is 0 Å². The fourth-order valence-electron chi connectivity index (χ4n) is 3.15. The third kappa shape index (κ3) is 4.99. The first kappa shape index (κ1) is 22.0. The summed E-state index contributed by atoms with van der Waals surface area (Å²) < 4.78 is 13.5. The highest BCUT2D eigenvalue weighted by Gasteiger charge is 2.43. The summed E-state index contributed by atoms with van der Waals surface area (Å²) in [4.78, 5) is 14.6. The first-order chi connectivity index (χ1) is 11.6. The molecule has 25 heavy (non-hydrogen) atoms. The Morgan fingerprint density at radius 3 is 2.24 bits per heavy atom. The second-order valence-corrected chi connectivity index (χ2v) is 8.97. The molecule has 4 nitrogen and oxygen atoms in total. The zero-order valence-corrected chi connectivity index (χ0v) is 17.4. The predicted octanol–water partition coefficient (Wildman–Crippen LogP) is 3.56. The molecule has 1 rings (SSSR count). The van der Waals surface area contributed by atoms with Gasteiger partial charge in [0.15, 0.2) is 0 Å². The van der Waals surface area contributed by atoms with E-state index in [4.69, 9.17) is 0 Å². The van der Waals surface area contributed by atoms with Gasteiger partial charge in [0.05, 0.1) is 21.7 Å². The SMILES string of the molecule is CC[C@@](O)(C(C)C)C(CC(C)=O)[S@@](=O)c1ccccc1[C@H](C)N(C)C. The molecule has 0 saturated carbocycles. The minimum atomic E-state index is -1.48. The van der Waals surface area contributed by atoms with Crippen LogP contribution in [0.15, 0.2) is 29.2 Å². The molecular formula is C20H33NO3S. The normalized spacial score (nSPS) is 18.0. The lowest BCUT2D eigenvalue weighted by Crippen LogP contribution is -2.49. The van der Waals surface area contributed by atoms with Crippen molar-refractivity contribution in [3.05, 3.63) is 29.8 Å². The van der Waals surface area contributed by atoms with E-state index in [-0.39, 0.29) is 24.2 Å². The van der Waals surface area contributed by atoms with E-state index in [0.717, 1.165) is 5.56 Å². The molecule has 0 fully saturated rings. The maximum absolute atomic E-state index is 13.5. The highest BCUT2D eigenvalue weighted by Crippen LogP contribution is 2.35. The molecule has 1 unspecified atom stereocenters. The molecule has 4 atom stereocenters. The van der Waals surface area contributed by atoms with Gasteiger partial charge in [0.1, 0.15) is 5.78 Å². The fraction of sp³-hybridized carbons (Fsp3) is 0.650.